The molecule has 20 heavy (non-hydrogen) atoms. The van der Waals surface area contributed by atoms with E-state index in [-0.39, 0.29) is 0 Å². The Balaban J connectivity index is 2.36. The third-order valence-corrected chi connectivity index (χ3v) is 3.90. The molecule has 0 radical (unpaired) electrons. The lowest BCUT2D eigenvalue weighted by Crippen LogP contribution is -1.94. The third kappa shape index (κ3) is 3.39. The van der Waals surface area contributed by atoms with E-state index in [0.717, 1.165) is 6.42 Å². The Morgan fingerprint density at radius 3 is 2.40 bits per heavy atom. The van der Waals surface area contributed by atoms with Gasteiger partial charge in [0.25, 0.3) is 0 Å². The van der Waals surface area contributed by atoms with E-state index in [9.17, 15) is 0 Å². The molecule has 0 heteroatoms. The van der Waals surface area contributed by atoms with Crippen LogP contribution in [-0.2, 0) is 0 Å². The highest BCUT2D eigenvalue weighted by atomic mass is 14.1. The standard InChI is InChI=1S/C20H24/c1-5-18(20-13-15(2)11-12-16(20)3)14-17(4)19-9-7-6-8-10-19/h6-14,17H,5H2,1-4H3/b18-14+. The van der Waals surface area contributed by atoms with Crippen molar-refractivity contribution in [2.45, 2.75) is 40.0 Å². The van der Waals surface area contributed by atoms with E-state index in [1.165, 1.54) is 27.8 Å². The quantitative estimate of drug-likeness (QED) is 0.645. The van der Waals surface area contributed by atoms with Crippen molar-refractivity contribution in [3.05, 3.63) is 76.9 Å². The van der Waals surface area contributed by atoms with E-state index in [1.807, 2.05) is 0 Å². The molecule has 0 aliphatic heterocycles. The molecule has 104 valence electrons. The first-order chi connectivity index (χ1) is 9.61. The van der Waals surface area contributed by atoms with Crippen LogP contribution in [0.25, 0.3) is 5.57 Å². The largest absolute Gasteiger partial charge is 0.0735 e. The zero-order valence-corrected chi connectivity index (χ0v) is 13.0. The summed E-state index contributed by atoms with van der Waals surface area (Å²) in [6, 6.07) is 17.4. The number of aryl methyl sites for hydroxylation is 2. The summed E-state index contributed by atoms with van der Waals surface area (Å²) in [5.74, 6) is 0.450. The van der Waals surface area contributed by atoms with Crippen LogP contribution in [0.1, 0.15) is 48.4 Å². The van der Waals surface area contributed by atoms with Gasteiger partial charge in [-0.05, 0) is 48.4 Å². The Hall–Kier alpha value is -1.82. The zero-order chi connectivity index (χ0) is 14.5. The molecule has 0 amide bonds. The number of allylic oxidation sites excluding steroid dienone is 2. The average molecular weight is 264 g/mol. The minimum Gasteiger partial charge on any atom is -0.0735 e. The first kappa shape index (κ1) is 14.6. The fourth-order valence-electron chi connectivity index (χ4n) is 2.63. The molecule has 1 unspecified atom stereocenters. The van der Waals surface area contributed by atoms with Gasteiger partial charge in [-0.15, -0.1) is 0 Å². The van der Waals surface area contributed by atoms with E-state index in [0.29, 0.717) is 5.92 Å². The highest BCUT2D eigenvalue weighted by Crippen LogP contribution is 2.27. The van der Waals surface area contributed by atoms with Crippen molar-refractivity contribution in [2.75, 3.05) is 0 Å². The lowest BCUT2D eigenvalue weighted by molar-refractivity contribution is 0.961. The van der Waals surface area contributed by atoms with Crippen LogP contribution >= 0.6 is 0 Å². The van der Waals surface area contributed by atoms with E-state index in [1.54, 1.807) is 0 Å². The first-order valence-corrected chi connectivity index (χ1v) is 7.45. The van der Waals surface area contributed by atoms with E-state index in [2.05, 4.69) is 82.3 Å². The number of hydrogen-bond donors (Lipinski definition) is 0. The van der Waals surface area contributed by atoms with Crippen molar-refractivity contribution in [1.82, 2.24) is 0 Å². The van der Waals surface area contributed by atoms with Crippen LogP contribution in [-0.4, -0.2) is 0 Å². The van der Waals surface area contributed by atoms with E-state index < -0.39 is 0 Å². The molecule has 0 N–H and O–H groups in total. The molecule has 0 saturated heterocycles. The molecule has 0 heterocycles. The maximum Gasteiger partial charge on any atom is -0.000441 e. The molecule has 0 fully saturated rings. The van der Waals surface area contributed by atoms with E-state index in [4.69, 9.17) is 0 Å². The molecular formula is C20H24. The molecule has 0 aliphatic rings. The lowest BCUT2D eigenvalue weighted by Gasteiger charge is -2.14. The van der Waals surface area contributed by atoms with Gasteiger partial charge in [-0.3, -0.25) is 0 Å². The highest BCUT2D eigenvalue weighted by molar-refractivity contribution is 5.69. The molecule has 1 atom stereocenters. The third-order valence-electron chi connectivity index (χ3n) is 3.90. The van der Waals surface area contributed by atoms with Crippen LogP contribution in [0.3, 0.4) is 0 Å². The molecule has 0 aromatic heterocycles. The first-order valence-electron chi connectivity index (χ1n) is 7.45. The molecule has 2 aromatic rings. The second kappa shape index (κ2) is 6.56. The molecular weight excluding hydrogens is 240 g/mol. The summed E-state index contributed by atoms with van der Waals surface area (Å²) >= 11 is 0. The number of rotatable bonds is 4. The summed E-state index contributed by atoms with van der Waals surface area (Å²) in [5, 5.41) is 0. The minimum absolute atomic E-state index is 0.450. The van der Waals surface area contributed by atoms with Gasteiger partial charge in [-0.1, -0.05) is 74.0 Å². The van der Waals surface area contributed by atoms with Gasteiger partial charge in [0.15, 0.2) is 0 Å². The fourth-order valence-corrected chi connectivity index (χ4v) is 2.63. The van der Waals surface area contributed by atoms with Crippen LogP contribution in [0.15, 0.2) is 54.6 Å². The van der Waals surface area contributed by atoms with Crippen molar-refractivity contribution in [1.29, 1.82) is 0 Å². The van der Waals surface area contributed by atoms with Crippen molar-refractivity contribution in [3.8, 4) is 0 Å². The molecule has 0 spiro atoms. The summed E-state index contributed by atoms with van der Waals surface area (Å²) in [6.45, 7) is 8.88. The van der Waals surface area contributed by atoms with Gasteiger partial charge in [-0.2, -0.15) is 0 Å². The van der Waals surface area contributed by atoms with Gasteiger partial charge in [0.2, 0.25) is 0 Å². The van der Waals surface area contributed by atoms with Crippen LogP contribution in [0.4, 0.5) is 0 Å². The van der Waals surface area contributed by atoms with Crippen LogP contribution in [0.5, 0.6) is 0 Å². The Morgan fingerprint density at radius 1 is 1.05 bits per heavy atom. The summed E-state index contributed by atoms with van der Waals surface area (Å²) in [5.41, 5.74) is 6.92. The van der Waals surface area contributed by atoms with Gasteiger partial charge in [0.05, 0.1) is 0 Å². The van der Waals surface area contributed by atoms with Gasteiger partial charge in [0, 0.05) is 0 Å². The summed E-state index contributed by atoms with van der Waals surface area (Å²) in [7, 11) is 0. The molecule has 0 aliphatic carbocycles. The Labute approximate surface area is 123 Å². The average Bonchev–Trinajstić information content (AvgIpc) is 2.48. The lowest BCUT2D eigenvalue weighted by atomic mass is 9.91. The van der Waals surface area contributed by atoms with Crippen LogP contribution in [0, 0.1) is 13.8 Å². The highest BCUT2D eigenvalue weighted by Gasteiger charge is 2.07. The SMILES string of the molecule is CC/C(=C\C(C)c1ccccc1)c1cc(C)ccc1C. The molecule has 0 saturated carbocycles. The molecule has 2 aromatic carbocycles. The minimum atomic E-state index is 0.450. The smallest absolute Gasteiger partial charge is 0.000441 e. The molecule has 0 nitrogen and oxygen atoms in total. The van der Waals surface area contributed by atoms with Crippen LogP contribution in [0.2, 0.25) is 0 Å². The summed E-state index contributed by atoms with van der Waals surface area (Å²) < 4.78 is 0. The summed E-state index contributed by atoms with van der Waals surface area (Å²) in [4.78, 5) is 0. The zero-order valence-electron chi connectivity index (χ0n) is 13.0. The number of benzene rings is 2. The Morgan fingerprint density at radius 2 is 1.75 bits per heavy atom. The number of hydrogen-bond acceptors (Lipinski definition) is 0. The second-order valence-corrected chi connectivity index (χ2v) is 5.56. The Kier molecular flexibility index (Phi) is 4.79. The van der Waals surface area contributed by atoms with Crippen molar-refractivity contribution < 1.29 is 0 Å². The van der Waals surface area contributed by atoms with Crippen molar-refractivity contribution >= 4 is 5.57 Å². The van der Waals surface area contributed by atoms with Gasteiger partial charge in [-0.25, -0.2) is 0 Å². The van der Waals surface area contributed by atoms with Crippen molar-refractivity contribution in [3.63, 3.8) is 0 Å². The summed E-state index contributed by atoms with van der Waals surface area (Å²) in [6.07, 6.45) is 3.48. The maximum absolute atomic E-state index is 2.41. The molecule has 2 rings (SSSR count). The predicted octanol–water partition coefficient (Wildman–Crippen LogP) is 5.90. The van der Waals surface area contributed by atoms with Crippen molar-refractivity contribution in [2.24, 2.45) is 0 Å². The normalized spacial score (nSPS) is 13.3. The van der Waals surface area contributed by atoms with Gasteiger partial charge >= 0.3 is 0 Å². The predicted molar refractivity (Wildman–Crippen MR) is 89.0 cm³/mol. The fraction of sp³-hybridized carbons (Fsp3) is 0.300. The topological polar surface area (TPSA) is 0 Å². The second-order valence-electron chi connectivity index (χ2n) is 5.56. The van der Waals surface area contributed by atoms with Crippen LogP contribution < -0.4 is 0 Å². The molecule has 0 bridgehead atoms. The maximum atomic E-state index is 2.41. The monoisotopic (exact) mass is 264 g/mol. The Bertz CT molecular complexity index is 591. The van der Waals surface area contributed by atoms with Gasteiger partial charge < -0.3 is 0 Å². The van der Waals surface area contributed by atoms with E-state index >= 15 is 0 Å². The van der Waals surface area contributed by atoms with Gasteiger partial charge in [0.1, 0.15) is 0 Å².